The molecule has 1 aliphatic carbocycles. The summed E-state index contributed by atoms with van der Waals surface area (Å²) in [5.41, 5.74) is 6.66. The second kappa shape index (κ2) is 10.7. The second-order valence-corrected chi connectivity index (χ2v) is 7.22. The minimum Gasteiger partial charge on any atom is -0.383 e. The molecule has 156 valence electrons. The number of allylic oxidation sites excluding steroid dienone is 1. The van der Waals surface area contributed by atoms with Crippen LogP contribution in [0.15, 0.2) is 21.2 Å². The lowest BCUT2D eigenvalue weighted by Crippen LogP contribution is -2.43. The Morgan fingerprint density at radius 1 is 1.32 bits per heavy atom. The van der Waals surface area contributed by atoms with Crippen LogP contribution < -0.4 is 27.2 Å². The highest BCUT2D eigenvalue weighted by atomic mass is 16.2. The molecule has 0 fully saturated rings. The van der Waals surface area contributed by atoms with Crippen molar-refractivity contribution < 1.29 is 4.79 Å². The Morgan fingerprint density at radius 2 is 2.11 bits per heavy atom. The number of carbonyl (C=O) groups is 1. The second-order valence-electron chi connectivity index (χ2n) is 7.22. The highest BCUT2D eigenvalue weighted by Gasteiger charge is 2.19. The van der Waals surface area contributed by atoms with Gasteiger partial charge in [0.05, 0.1) is 6.54 Å². The molecule has 0 radical (unpaired) electrons. The van der Waals surface area contributed by atoms with Crippen molar-refractivity contribution in [2.75, 3.05) is 30.3 Å². The molecule has 0 saturated carbocycles. The number of amides is 1. The van der Waals surface area contributed by atoms with Gasteiger partial charge in [-0.25, -0.2) is 4.79 Å². The molecule has 8 heteroatoms. The van der Waals surface area contributed by atoms with Crippen LogP contribution in [0.2, 0.25) is 0 Å². The quantitative estimate of drug-likeness (QED) is 0.526. The van der Waals surface area contributed by atoms with Crippen molar-refractivity contribution in [3.05, 3.63) is 32.5 Å². The summed E-state index contributed by atoms with van der Waals surface area (Å²) >= 11 is 0. The largest absolute Gasteiger partial charge is 0.383 e. The number of hydrogen-bond donors (Lipinski definition) is 3. The molecule has 1 heterocycles. The van der Waals surface area contributed by atoms with Gasteiger partial charge in [-0.15, -0.1) is 0 Å². The third kappa shape index (κ3) is 5.74. The number of likely N-dealkylation sites (N-methyl/N-ethyl adjacent to an activating group) is 1. The van der Waals surface area contributed by atoms with E-state index >= 15 is 0 Å². The standard InChI is InChI=1S/C20H33N5O3/c1-3-5-13-25-18(21)17(19(27)23-20(25)28)24(4-2)14-16(26)22-12-11-15-9-7-6-8-10-15/h9H,3-8,10-14,21H2,1-2H3,(H,22,26)(H,23,27,28). The van der Waals surface area contributed by atoms with Gasteiger partial charge in [0, 0.05) is 19.6 Å². The van der Waals surface area contributed by atoms with E-state index in [2.05, 4.69) is 16.4 Å². The van der Waals surface area contributed by atoms with E-state index < -0.39 is 11.2 Å². The van der Waals surface area contributed by atoms with E-state index in [-0.39, 0.29) is 24.0 Å². The number of hydrogen-bond acceptors (Lipinski definition) is 5. The van der Waals surface area contributed by atoms with Gasteiger partial charge in [-0.2, -0.15) is 0 Å². The highest BCUT2D eigenvalue weighted by molar-refractivity contribution is 5.82. The van der Waals surface area contributed by atoms with E-state index in [0.717, 1.165) is 32.1 Å². The van der Waals surface area contributed by atoms with E-state index in [4.69, 9.17) is 5.73 Å². The molecule has 2 rings (SSSR count). The maximum absolute atomic E-state index is 12.4. The van der Waals surface area contributed by atoms with Crippen LogP contribution in [0.4, 0.5) is 11.5 Å². The van der Waals surface area contributed by atoms with Gasteiger partial charge in [-0.3, -0.25) is 19.1 Å². The molecule has 1 aliphatic rings. The fourth-order valence-corrected chi connectivity index (χ4v) is 3.49. The zero-order valence-corrected chi connectivity index (χ0v) is 17.1. The normalized spacial score (nSPS) is 13.9. The molecular formula is C20H33N5O3. The summed E-state index contributed by atoms with van der Waals surface area (Å²) < 4.78 is 1.37. The Morgan fingerprint density at radius 3 is 2.75 bits per heavy atom. The number of nitrogens with zero attached hydrogens (tertiary/aromatic N) is 2. The number of carbonyl (C=O) groups excluding carboxylic acids is 1. The summed E-state index contributed by atoms with van der Waals surface area (Å²) in [4.78, 5) is 40.7. The zero-order valence-electron chi connectivity index (χ0n) is 17.1. The lowest BCUT2D eigenvalue weighted by Gasteiger charge is -2.24. The van der Waals surface area contributed by atoms with Gasteiger partial charge in [0.1, 0.15) is 11.5 Å². The van der Waals surface area contributed by atoms with Gasteiger partial charge in [-0.05, 0) is 45.4 Å². The Labute approximate surface area is 165 Å². The molecule has 0 bridgehead atoms. The first-order chi connectivity index (χ1) is 13.5. The van der Waals surface area contributed by atoms with Crippen LogP contribution in [-0.4, -0.2) is 35.1 Å². The highest BCUT2D eigenvalue weighted by Crippen LogP contribution is 2.19. The van der Waals surface area contributed by atoms with Gasteiger partial charge in [0.15, 0.2) is 0 Å². The van der Waals surface area contributed by atoms with Crippen LogP contribution in [0, 0.1) is 0 Å². The summed E-state index contributed by atoms with van der Waals surface area (Å²) in [6.07, 6.45) is 9.52. The first-order valence-corrected chi connectivity index (χ1v) is 10.3. The number of aromatic nitrogens is 2. The van der Waals surface area contributed by atoms with Gasteiger partial charge < -0.3 is 16.0 Å². The number of aromatic amines is 1. The van der Waals surface area contributed by atoms with Gasteiger partial charge in [-0.1, -0.05) is 25.0 Å². The molecule has 1 aromatic rings. The van der Waals surface area contributed by atoms with Crippen LogP contribution in [0.25, 0.3) is 0 Å². The molecule has 1 amide bonds. The predicted molar refractivity (Wildman–Crippen MR) is 113 cm³/mol. The lowest BCUT2D eigenvalue weighted by molar-refractivity contribution is -0.119. The van der Waals surface area contributed by atoms with Crippen molar-refractivity contribution in [1.82, 2.24) is 14.9 Å². The van der Waals surface area contributed by atoms with E-state index in [1.807, 2.05) is 13.8 Å². The zero-order chi connectivity index (χ0) is 20.5. The van der Waals surface area contributed by atoms with Gasteiger partial charge in [0.2, 0.25) is 5.91 Å². The molecule has 0 unspecified atom stereocenters. The minimum atomic E-state index is -0.558. The molecule has 8 nitrogen and oxygen atoms in total. The summed E-state index contributed by atoms with van der Waals surface area (Å²) in [5, 5.41) is 2.92. The summed E-state index contributed by atoms with van der Waals surface area (Å²) in [6.45, 7) is 5.33. The maximum Gasteiger partial charge on any atom is 0.330 e. The van der Waals surface area contributed by atoms with Crippen LogP contribution in [0.1, 0.15) is 58.8 Å². The summed E-state index contributed by atoms with van der Waals surface area (Å²) in [5.74, 6) is -0.0485. The first-order valence-electron chi connectivity index (χ1n) is 10.3. The number of H-pyrrole nitrogens is 1. The molecule has 0 spiro atoms. The molecular weight excluding hydrogens is 358 g/mol. The summed E-state index contributed by atoms with van der Waals surface area (Å²) in [6, 6.07) is 0. The maximum atomic E-state index is 12.4. The average molecular weight is 392 g/mol. The lowest BCUT2D eigenvalue weighted by atomic mass is 9.97. The Balaban J connectivity index is 2.05. The monoisotopic (exact) mass is 391 g/mol. The molecule has 0 aromatic carbocycles. The number of unbranched alkanes of at least 4 members (excludes halogenated alkanes) is 1. The van der Waals surface area contributed by atoms with Crippen molar-refractivity contribution in [1.29, 1.82) is 0 Å². The Hall–Kier alpha value is -2.51. The van der Waals surface area contributed by atoms with Crippen molar-refractivity contribution in [3.8, 4) is 0 Å². The molecule has 0 aliphatic heterocycles. The van der Waals surface area contributed by atoms with E-state index in [1.54, 1.807) is 4.90 Å². The minimum absolute atomic E-state index is 0.0226. The van der Waals surface area contributed by atoms with Crippen LogP contribution >= 0.6 is 0 Å². The topological polar surface area (TPSA) is 113 Å². The average Bonchev–Trinajstić information content (AvgIpc) is 2.67. The van der Waals surface area contributed by atoms with E-state index in [9.17, 15) is 14.4 Å². The van der Waals surface area contributed by atoms with Crippen LogP contribution in [-0.2, 0) is 11.3 Å². The van der Waals surface area contributed by atoms with E-state index in [1.165, 1.54) is 23.0 Å². The van der Waals surface area contributed by atoms with Crippen molar-refractivity contribution in [2.45, 2.75) is 65.3 Å². The number of rotatable bonds is 10. The number of nitrogen functional groups attached to an aromatic ring is 1. The smallest absolute Gasteiger partial charge is 0.330 e. The first kappa shape index (κ1) is 21.8. The molecule has 28 heavy (non-hydrogen) atoms. The summed E-state index contributed by atoms with van der Waals surface area (Å²) in [7, 11) is 0. The van der Waals surface area contributed by atoms with Crippen molar-refractivity contribution in [2.24, 2.45) is 0 Å². The van der Waals surface area contributed by atoms with E-state index in [0.29, 0.717) is 19.6 Å². The molecule has 1 aromatic heterocycles. The molecule has 4 N–H and O–H groups in total. The fourth-order valence-electron chi connectivity index (χ4n) is 3.49. The number of nitrogens with one attached hydrogen (secondary N) is 2. The third-order valence-corrected chi connectivity index (χ3v) is 5.14. The SMILES string of the molecule is CCCCn1c(N)c(N(CC)CC(=O)NCCC2=CCCCC2)c(=O)[nH]c1=O. The molecule has 0 atom stereocenters. The van der Waals surface area contributed by atoms with Crippen LogP contribution in [0.5, 0.6) is 0 Å². The van der Waals surface area contributed by atoms with Crippen molar-refractivity contribution in [3.63, 3.8) is 0 Å². The third-order valence-electron chi connectivity index (χ3n) is 5.14. The van der Waals surface area contributed by atoms with Gasteiger partial charge >= 0.3 is 5.69 Å². The fraction of sp³-hybridized carbons (Fsp3) is 0.650. The Kier molecular flexibility index (Phi) is 8.35. The van der Waals surface area contributed by atoms with Crippen molar-refractivity contribution >= 4 is 17.4 Å². The molecule has 0 saturated heterocycles. The number of anilines is 2. The Bertz CT molecular complexity index is 809. The van der Waals surface area contributed by atoms with Gasteiger partial charge in [0.25, 0.3) is 5.56 Å². The van der Waals surface area contributed by atoms with Crippen LogP contribution in [0.3, 0.4) is 0 Å². The predicted octanol–water partition coefficient (Wildman–Crippen LogP) is 1.75. The number of nitrogens with two attached hydrogens (primary N) is 1.